The number of carbonyl (C=O) groups excluding carboxylic acids is 1. The second kappa shape index (κ2) is 6.79. The van der Waals surface area contributed by atoms with Crippen molar-refractivity contribution in [2.45, 2.75) is 6.92 Å². The molecule has 0 aliphatic rings. The third kappa shape index (κ3) is 3.06. The summed E-state index contributed by atoms with van der Waals surface area (Å²) in [6.45, 7) is 1.92. The minimum absolute atomic E-state index is 0.0143. The first-order valence-electron chi connectivity index (χ1n) is 7.81. The van der Waals surface area contributed by atoms with Crippen LogP contribution in [0.3, 0.4) is 0 Å². The van der Waals surface area contributed by atoms with Gasteiger partial charge in [-0.1, -0.05) is 24.3 Å². The lowest BCUT2D eigenvalue weighted by Gasteiger charge is -2.13. The fraction of sp³-hybridized carbons (Fsp3) is 0.105. The van der Waals surface area contributed by atoms with Gasteiger partial charge in [0.05, 0.1) is 23.8 Å². The first kappa shape index (κ1) is 17.3. The Labute approximate surface area is 149 Å². The van der Waals surface area contributed by atoms with Crippen molar-refractivity contribution >= 4 is 22.8 Å². The van der Waals surface area contributed by atoms with Crippen molar-refractivity contribution < 1.29 is 13.9 Å². The predicted octanol–water partition coefficient (Wildman–Crippen LogP) is 2.98. The molecule has 0 aliphatic heterocycles. The lowest BCUT2D eigenvalue weighted by Crippen LogP contribution is -2.35. The van der Waals surface area contributed by atoms with Crippen LogP contribution in [0.25, 0.3) is 22.2 Å². The number of nitrogens with two attached hydrogens (primary N) is 1. The summed E-state index contributed by atoms with van der Waals surface area (Å²) < 4.78 is 19.8. The Bertz CT molecular complexity index is 1030. The molecule has 0 atom stereocenters. The number of ether oxygens (including phenoxy) is 1. The molecule has 0 saturated heterocycles. The summed E-state index contributed by atoms with van der Waals surface area (Å²) in [5.74, 6) is -1.49. The Morgan fingerprint density at radius 2 is 2.00 bits per heavy atom. The van der Waals surface area contributed by atoms with Crippen LogP contribution >= 0.6 is 0 Å². The van der Waals surface area contributed by atoms with Gasteiger partial charge in [0, 0.05) is 5.56 Å². The van der Waals surface area contributed by atoms with Crippen LogP contribution in [0.2, 0.25) is 0 Å². The minimum atomic E-state index is -0.688. The van der Waals surface area contributed by atoms with Crippen LogP contribution in [-0.2, 0) is 0 Å². The third-order valence-corrected chi connectivity index (χ3v) is 4.01. The Morgan fingerprint density at radius 3 is 2.65 bits per heavy atom. The molecule has 2 aromatic carbocycles. The number of methoxy groups -OCH3 is 1. The first-order chi connectivity index (χ1) is 12.4. The van der Waals surface area contributed by atoms with Gasteiger partial charge >= 0.3 is 0 Å². The quantitative estimate of drug-likeness (QED) is 0.498. The van der Waals surface area contributed by atoms with E-state index >= 15 is 0 Å². The minimum Gasteiger partial charge on any atom is -0.494 e. The highest BCUT2D eigenvalue weighted by Gasteiger charge is 2.20. The molecule has 0 unspecified atom stereocenters. The van der Waals surface area contributed by atoms with E-state index in [2.05, 4.69) is 10.3 Å². The molecule has 0 spiro atoms. The molecule has 1 amide bonds. The number of rotatable bonds is 3. The highest BCUT2D eigenvalue weighted by Crippen LogP contribution is 2.33. The van der Waals surface area contributed by atoms with Crippen LogP contribution in [0, 0.1) is 18.2 Å². The maximum atomic E-state index is 14.5. The monoisotopic (exact) mass is 352 g/mol. The number of hydrogen-bond acceptors (Lipinski definition) is 4. The second-order valence-corrected chi connectivity index (χ2v) is 5.71. The normalized spacial score (nSPS) is 10.6. The topological polar surface area (TPSA) is 101 Å². The lowest BCUT2D eigenvalue weighted by molar-refractivity contribution is 0.0978. The number of aromatic nitrogens is 1. The maximum absolute atomic E-state index is 14.5. The van der Waals surface area contributed by atoms with E-state index < -0.39 is 17.7 Å². The number of nitrogens with one attached hydrogen (secondary N) is 2. The summed E-state index contributed by atoms with van der Waals surface area (Å²) >= 11 is 0. The fourth-order valence-corrected chi connectivity index (χ4v) is 2.81. The predicted molar refractivity (Wildman–Crippen MR) is 97.8 cm³/mol. The van der Waals surface area contributed by atoms with Crippen molar-refractivity contribution in [2.24, 2.45) is 5.73 Å². The van der Waals surface area contributed by atoms with Gasteiger partial charge in [0.2, 0.25) is 0 Å². The van der Waals surface area contributed by atoms with Gasteiger partial charge in [-0.25, -0.2) is 9.37 Å². The van der Waals surface area contributed by atoms with Crippen molar-refractivity contribution in [3.63, 3.8) is 0 Å². The zero-order valence-electron chi connectivity index (χ0n) is 14.3. The van der Waals surface area contributed by atoms with E-state index in [1.54, 1.807) is 0 Å². The highest BCUT2D eigenvalue weighted by atomic mass is 19.1. The smallest absolute Gasteiger partial charge is 0.258 e. The number of fused-ring (bicyclic) bond motifs is 1. The summed E-state index contributed by atoms with van der Waals surface area (Å²) in [5.41, 5.74) is 7.76. The van der Waals surface area contributed by atoms with Crippen molar-refractivity contribution in [1.29, 1.82) is 5.41 Å². The SMILES string of the molecule is COc1ccc(F)c2c(C(=O)NC(=N)N)cc(-c3ccccc3C)nc12. The zero-order valence-corrected chi connectivity index (χ0v) is 14.3. The number of amides is 1. The van der Waals surface area contributed by atoms with E-state index in [1.807, 2.05) is 31.2 Å². The fourth-order valence-electron chi connectivity index (χ4n) is 2.81. The van der Waals surface area contributed by atoms with Gasteiger partial charge in [0.25, 0.3) is 5.91 Å². The number of benzene rings is 2. The number of aryl methyl sites for hydroxylation is 1. The molecule has 3 aromatic rings. The van der Waals surface area contributed by atoms with Gasteiger partial charge in [-0.15, -0.1) is 0 Å². The molecular formula is C19H17FN4O2. The number of hydrogen-bond donors (Lipinski definition) is 3. The van der Waals surface area contributed by atoms with E-state index in [9.17, 15) is 9.18 Å². The van der Waals surface area contributed by atoms with Crippen LogP contribution in [0.5, 0.6) is 5.75 Å². The summed E-state index contributed by atoms with van der Waals surface area (Å²) in [5, 5.41) is 9.49. The number of carbonyl (C=O) groups is 1. The highest BCUT2D eigenvalue weighted by molar-refractivity contribution is 6.13. The van der Waals surface area contributed by atoms with Crippen LogP contribution in [0.1, 0.15) is 15.9 Å². The van der Waals surface area contributed by atoms with Crippen LogP contribution in [0.15, 0.2) is 42.5 Å². The van der Waals surface area contributed by atoms with Crippen LogP contribution < -0.4 is 15.8 Å². The first-order valence-corrected chi connectivity index (χ1v) is 7.81. The summed E-state index contributed by atoms with van der Waals surface area (Å²) in [4.78, 5) is 17.1. The number of nitrogens with zero attached hydrogens (tertiary/aromatic N) is 1. The van der Waals surface area contributed by atoms with Crippen molar-refractivity contribution in [1.82, 2.24) is 10.3 Å². The van der Waals surface area contributed by atoms with Gasteiger partial charge in [-0.2, -0.15) is 0 Å². The summed E-state index contributed by atoms with van der Waals surface area (Å²) in [7, 11) is 1.45. The number of halogens is 1. The van der Waals surface area contributed by atoms with Crippen LogP contribution in [-0.4, -0.2) is 24.0 Å². The molecule has 26 heavy (non-hydrogen) atoms. The molecule has 0 radical (unpaired) electrons. The molecule has 7 heteroatoms. The lowest BCUT2D eigenvalue weighted by atomic mass is 10.00. The van der Waals surface area contributed by atoms with Gasteiger partial charge in [-0.05, 0) is 30.7 Å². The Balaban J connectivity index is 2.37. The van der Waals surface area contributed by atoms with E-state index in [4.69, 9.17) is 15.9 Å². The van der Waals surface area contributed by atoms with Gasteiger partial charge < -0.3 is 10.5 Å². The molecule has 0 aliphatic carbocycles. The molecule has 4 N–H and O–H groups in total. The molecule has 3 rings (SSSR count). The third-order valence-electron chi connectivity index (χ3n) is 4.01. The van der Waals surface area contributed by atoms with Crippen molar-refractivity contribution in [3.05, 3.63) is 59.4 Å². The standard InChI is InChI=1S/C19H17FN4O2/c1-10-5-3-4-6-11(10)14-9-12(18(25)24-19(21)22)16-13(20)7-8-15(26-2)17(16)23-14/h3-9H,1-2H3,(H4,21,22,24,25). The molecule has 0 fully saturated rings. The average Bonchev–Trinajstić information content (AvgIpc) is 2.61. The molecule has 6 nitrogen and oxygen atoms in total. The second-order valence-electron chi connectivity index (χ2n) is 5.71. The van der Waals surface area contributed by atoms with E-state index in [0.717, 1.165) is 11.1 Å². The van der Waals surface area contributed by atoms with Gasteiger partial charge in [-0.3, -0.25) is 15.5 Å². The van der Waals surface area contributed by atoms with Crippen LogP contribution in [0.4, 0.5) is 4.39 Å². The Kier molecular flexibility index (Phi) is 4.53. The van der Waals surface area contributed by atoms with Crippen molar-refractivity contribution in [3.8, 4) is 17.0 Å². The average molecular weight is 352 g/mol. The molecule has 0 bridgehead atoms. The van der Waals surface area contributed by atoms with E-state index in [1.165, 1.54) is 25.3 Å². The Hall–Kier alpha value is -3.48. The Morgan fingerprint density at radius 1 is 1.27 bits per heavy atom. The molecule has 0 saturated carbocycles. The number of pyridine rings is 1. The maximum Gasteiger partial charge on any atom is 0.258 e. The van der Waals surface area contributed by atoms with E-state index in [0.29, 0.717) is 11.4 Å². The summed E-state index contributed by atoms with van der Waals surface area (Å²) in [6.07, 6.45) is 0. The summed E-state index contributed by atoms with van der Waals surface area (Å²) in [6, 6.07) is 11.7. The molecular weight excluding hydrogens is 335 g/mol. The number of guanidine groups is 1. The molecule has 132 valence electrons. The van der Waals surface area contributed by atoms with Gasteiger partial charge in [0.1, 0.15) is 17.1 Å². The van der Waals surface area contributed by atoms with Gasteiger partial charge in [0.15, 0.2) is 5.96 Å². The zero-order chi connectivity index (χ0) is 18.8. The molecule has 1 heterocycles. The molecule has 1 aromatic heterocycles. The van der Waals surface area contributed by atoms with Crippen molar-refractivity contribution in [2.75, 3.05) is 7.11 Å². The largest absolute Gasteiger partial charge is 0.494 e. The van der Waals surface area contributed by atoms with E-state index in [-0.39, 0.29) is 16.5 Å².